The SMILES string of the molecule is O=C(CCC1CCNCC1)Nc1cccc(F)n1. The lowest BCUT2D eigenvalue weighted by Gasteiger charge is -2.22. The van der Waals surface area contributed by atoms with Crippen molar-refractivity contribution in [1.29, 1.82) is 0 Å². The average Bonchev–Trinajstić information content (AvgIpc) is 2.38. The normalized spacial score (nSPS) is 16.5. The van der Waals surface area contributed by atoms with Gasteiger partial charge in [-0.15, -0.1) is 0 Å². The molecule has 0 aliphatic carbocycles. The van der Waals surface area contributed by atoms with Gasteiger partial charge in [-0.05, 0) is 50.4 Å². The Hall–Kier alpha value is -1.49. The highest BCUT2D eigenvalue weighted by Crippen LogP contribution is 2.18. The Morgan fingerprint density at radius 3 is 2.94 bits per heavy atom. The third-order valence-corrected chi connectivity index (χ3v) is 3.22. The van der Waals surface area contributed by atoms with Crippen LogP contribution < -0.4 is 10.6 Å². The maximum Gasteiger partial charge on any atom is 0.225 e. The first kappa shape index (κ1) is 13.0. The Morgan fingerprint density at radius 1 is 1.44 bits per heavy atom. The van der Waals surface area contributed by atoms with Crippen LogP contribution in [0.3, 0.4) is 0 Å². The summed E-state index contributed by atoms with van der Waals surface area (Å²) in [6.45, 7) is 2.08. The summed E-state index contributed by atoms with van der Waals surface area (Å²) in [4.78, 5) is 15.3. The first-order valence-corrected chi connectivity index (χ1v) is 6.37. The molecular weight excluding hydrogens is 233 g/mol. The van der Waals surface area contributed by atoms with Gasteiger partial charge in [0.05, 0.1) is 0 Å². The highest BCUT2D eigenvalue weighted by atomic mass is 19.1. The molecule has 1 aliphatic heterocycles. The van der Waals surface area contributed by atoms with Gasteiger partial charge in [0.25, 0.3) is 0 Å². The molecule has 1 fully saturated rings. The van der Waals surface area contributed by atoms with Gasteiger partial charge in [0, 0.05) is 6.42 Å². The zero-order chi connectivity index (χ0) is 12.8. The molecule has 98 valence electrons. The predicted molar refractivity (Wildman–Crippen MR) is 67.7 cm³/mol. The van der Waals surface area contributed by atoms with E-state index in [9.17, 15) is 9.18 Å². The molecule has 0 unspecified atom stereocenters. The van der Waals surface area contributed by atoms with Crippen molar-refractivity contribution < 1.29 is 9.18 Å². The van der Waals surface area contributed by atoms with E-state index < -0.39 is 5.95 Å². The quantitative estimate of drug-likeness (QED) is 0.804. The lowest BCUT2D eigenvalue weighted by Crippen LogP contribution is -2.28. The summed E-state index contributed by atoms with van der Waals surface area (Å²) in [5, 5.41) is 5.91. The minimum absolute atomic E-state index is 0.0911. The van der Waals surface area contributed by atoms with E-state index in [0.29, 0.717) is 12.3 Å². The minimum Gasteiger partial charge on any atom is -0.317 e. The van der Waals surface area contributed by atoms with Gasteiger partial charge in [-0.2, -0.15) is 4.39 Å². The monoisotopic (exact) mass is 251 g/mol. The Bertz CT molecular complexity index is 405. The van der Waals surface area contributed by atoms with E-state index in [1.807, 2.05) is 0 Å². The second-order valence-corrected chi connectivity index (χ2v) is 4.63. The van der Waals surface area contributed by atoms with Gasteiger partial charge >= 0.3 is 0 Å². The summed E-state index contributed by atoms with van der Waals surface area (Å²) in [6.07, 6.45) is 3.63. The van der Waals surface area contributed by atoms with Crippen LogP contribution in [0.15, 0.2) is 18.2 Å². The molecule has 0 spiro atoms. The number of piperidine rings is 1. The van der Waals surface area contributed by atoms with Crippen molar-refractivity contribution in [3.63, 3.8) is 0 Å². The molecule has 1 aliphatic rings. The van der Waals surface area contributed by atoms with Crippen molar-refractivity contribution in [1.82, 2.24) is 10.3 Å². The van der Waals surface area contributed by atoms with Gasteiger partial charge in [-0.1, -0.05) is 6.07 Å². The first-order chi connectivity index (χ1) is 8.74. The van der Waals surface area contributed by atoms with Crippen LogP contribution >= 0.6 is 0 Å². The van der Waals surface area contributed by atoms with Crippen molar-refractivity contribution in [3.05, 3.63) is 24.1 Å². The van der Waals surface area contributed by atoms with Crippen LogP contribution in [-0.4, -0.2) is 24.0 Å². The molecule has 2 rings (SSSR count). The van der Waals surface area contributed by atoms with Crippen molar-refractivity contribution in [2.45, 2.75) is 25.7 Å². The Labute approximate surface area is 106 Å². The summed E-state index contributed by atoms with van der Waals surface area (Å²) >= 11 is 0. The van der Waals surface area contributed by atoms with E-state index in [4.69, 9.17) is 0 Å². The first-order valence-electron chi connectivity index (χ1n) is 6.37. The number of nitrogens with one attached hydrogen (secondary N) is 2. The van der Waals surface area contributed by atoms with E-state index in [1.165, 1.54) is 12.1 Å². The standard InChI is InChI=1S/C13H18FN3O/c14-11-2-1-3-12(16-11)17-13(18)5-4-10-6-8-15-9-7-10/h1-3,10,15H,4-9H2,(H,16,17,18). The molecule has 0 atom stereocenters. The van der Waals surface area contributed by atoms with E-state index >= 15 is 0 Å². The molecule has 0 saturated carbocycles. The van der Waals surface area contributed by atoms with Crippen LogP contribution in [0.2, 0.25) is 0 Å². The van der Waals surface area contributed by atoms with Gasteiger partial charge < -0.3 is 10.6 Å². The molecule has 0 radical (unpaired) electrons. The third kappa shape index (κ3) is 4.07. The van der Waals surface area contributed by atoms with E-state index in [1.54, 1.807) is 6.07 Å². The highest BCUT2D eigenvalue weighted by molar-refractivity contribution is 5.89. The van der Waals surface area contributed by atoms with Crippen molar-refractivity contribution in [2.75, 3.05) is 18.4 Å². The van der Waals surface area contributed by atoms with Crippen LogP contribution in [0.1, 0.15) is 25.7 Å². The zero-order valence-corrected chi connectivity index (χ0v) is 10.3. The molecule has 2 heterocycles. The number of rotatable bonds is 4. The van der Waals surface area contributed by atoms with Crippen LogP contribution in [0, 0.1) is 11.9 Å². The van der Waals surface area contributed by atoms with Crippen LogP contribution in [0.5, 0.6) is 0 Å². The van der Waals surface area contributed by atoms with E-state index in [-0.39, 0.29) is 11.7 Å². The van der Waals surface area contributed by atoms with Gasteiger partial charge in [0.1, 0.15) is 5.82 Å². The summed E-state index contributed by atoms with van der Waals surface area (Å²) in [6, 6.07) is 4.38. The van der Waals surface area contributed by atoms with Crippen LogP contribution in [0.25, 0.3) is 0 Å². The maximum absolute atomic E-state index is 12.8. The molecule has 1 amide bonds. The van der Waals surface area contributed by atoms with Gasteiger partial charge in [-0.25, -0.2) is 4.98 Å². The Morgan fingerprint density at radius 2 is 2.22 bits per heavy atom. The molecule has 4 nitrogen and oxygen atoms in total. The van der Waals surface area contributed by atoms with Crippen molar-refractivity contribution in [2.24, 2.45) is 5.92 Å². The number of nitrogens with zero attached hydrogens (tertiary/aromatic N) is 1. The average molecular weight is 251 g/mol. The zero-order valence-electron chi connectivity index (χ0n) is 10.3. The number of hydrogen-bond acceptors (Lipinski definition) is 3. The molecule has 0 aromatic carbocycles. The third-order valence-electron chi connectivity index (χ3n) is 3.22. The molecule has 5 heteroatoms. The molecule has 1 aromatic rings. The Kier molecular flexibility index (Phi) is 4.64. The number of aromatic nitrogens is 1. The smallest absolute Gasteiger partial charge is 0.225 e. The topological polar surface area (TPSA) is 54.0 Å². The lowest BCUT2D eigenvalue weighted by molar-refractivity contribution is -0.116. The number of anilines is 1. The molecule has 1 saturated heterocycles. The number of halogens is 1. The second-order valence-electron chi connectivity index (χ2n) is 4.63. The highest BCUT2D eigenvalue weighted by Gasteiger charge is 2.14. The van der Waals surface area contributed by atoms with Crippen molar-refractivity contribution in [3.8, 4) is 0 Å². The fraction of sp³-hybridized carbons (Fsp3) is 0.538. The largest absolute Gasteiger partial charge is 0.317 e. The second kappa shape index (κ2) is 6.44. The number of hydrogen-bond donors (Lipinski definition) is 2. The van der Waals surface area contributed by atoms with Gasteiger partial charge in [0.2, 0.25) is 11.9 Å². The molecule has 0 bridgehead atoms. The molecule has 18 heavy (non-hydrogen) atoms. The summed E-state index contributed by atoms with van der Waals surface area (Å²) in [7, 11) is 0. The Balaban J connectivity index is 1.74. The maximum atomic E-state index is 12.8. The minimum atomic E-state index is -0.578. The number of amides is 1. The molecule has 1 aromatic heterocycles. The lowest BCUT2D eigenvalue weighted by atomic mass is 9.93. The summed E-state index contributed by atoms with van der Waals surface area (Å²) < 4.78 is 12.8. The van der Waals surface area contributed by atoms with Crippen LogP contribution in [0.4, 0.5) is 10.2 Å². The molecular formula is C13H18FN3O. The van der Waals surface area contributed by atoms with E-state index in [0.717, 1.165) is 32.4 Å². The van der Waals surface area contributed by atoms with Gasteiger partial charge in [-0.3, -0.25) is 4.79 Å². The number of pyridine rings is 1. The fourth-order valence-corrected chi connectivity index (χ4v) is 2.19. The van der Waals surface area contributed by atoms with Crippen LogP contribution in [-0.2, 0) is 4.79 Å². The number of carbonyl (C=O) groups is 1. The molecule has 2 N–H and O–H groups in total. The number of carbonyl (C=O) groups excluding carboxylic acids is 1. The summed E-state index contributed by atoms with van der Waals surface area (Å²) in [5.41, 5.74) is 0. The van der Waals surface area contributed by atoms with Gasteiger partial charge in [0.15, 0.2) is 0 Å². The van der Waals surface area contributed by atoms with E-state index in [2.05, 4.69) is 15.6 Å². The predicted octanol–water partition coefficient (Wildman–Crippen LogP) is 1.94. The fourth-order valence-electron chi connectivity index (χ4n) is 2.19. The van der Waals surface area contributed by atoms with Crippen molar-refractivity contribution >= 4 is 11.7 Å². The summed E-state index contributed by atoms with van der Waals surface area (Å²) in [5.74, 6) is 0.237.